The van der Waals surface area contributed by atoms with Crippen LogP contribution in [0, 0.1) is 0 Å². The maximum atomic E-state index is 13.0. The van der Waals surface area contributed by atoms with E-state index in [1.165, 1.54) is 5.56 Å². The molecule has 30 heavy (non-hydrogen) atoms. The molecule has 0 fully saturated rings. The first-order chi connectivity index (χ1) is 14.8. The van der Waals surface area contributed by atoms with Gasteiger partial charge in [0.05, 0.1) is 16.7 Å². The van der Waals surface area contributed by atoms with E-state index in [4.69, 9.17) is 4.98 Å². The molecule has 0 saturated carbocycles. The lowest BCUT2D eigenvalue weighted by Gasteiger charge is -2.07. The molecular weight excluding hydrogens is 372 g/mol. The monoisotopic (exact) mass is 394 g/mol. The molecule has 2 aromatic carbocycles. The molecule has 5 heteroatoms. The number of nitrogens with zero attached hydrogens (tertiary/aromatic N) is 4. The van der Waals surface area contributed by atoms with Gasteiger partial charge in [-0.1, -0.05) is 42.5 Å². The molecule has 5 aromatic rings. The van der Waals surface area contributed by atoms with Gasteiger partial charge in [-0.2, -0.15) is 0 Å². The number of fused-ring (bicyclic) bond motifs is 3. The van der Waals surface area contributed by atoms with Crippen LogP contribution in [0.15, 0.2) is 90.0 Å². The number of unbranched alkanes of at least 4 members (excludes halogenated alkanes) is 1. The fourth-order valence-corrected chi connectivity index (χ4v) is 4.00. The lowest BCUT2D eigenvalue weighted by molar-refractivity contribution is 0.629. The number of imidazole rings is 1. The first-order valence-corrected chi connectivity index (χ1v) is 10.3. The third kappa shape index (κ3) is 3.39. The van der Waals surface area contributed by atoms with Gasteiger partial charge in [0.15, 0.2) is 0 Å². The number of hydrogen-bond donors (Lipinski definition) is 0. The molecule has 0 spiro atoms. The molecular formula is C25H22N4O. The van der Waals surface area contributed by atoms with E-state index in [0.717, 1.165) is 42.4 Å². The van der Waals surface area contributed by atoms with Crippen molar-refractivity contribution in [3.63, 3.8) is 0 Å². The van der Waals surface area contributed by atoms with Crippen LogP contribution in [0.5, 0.6) is 0 Å². The zero-order valence-corrected chi connectivity index (χ0v) is 16.6. The molecule has 0 atom stereocenters. The maximum absolute atomic E-state index is 13.0. The summed E-state index contributed by atoms with van der Waals surface area (Å²) in [5.41, 5.74) is 4.80. The van der Waals surface area contributed by atoms with Crippen molar-refractivity contribution in [3.8, 4) is 11.3 Å². The minimum Gasteiger partial charge on any atom is -0.310 e. The van der Waals surface area contributed by atoms with Gasteiger partial charge in [0.25, 0.3) is 5.56 Å². The highest BCUT2D eigenvalue weighted by Gasteiger charge is 2.14. The second-order valence-corrected chi connectivity index (χ2v) is 7.43. The molecule has 5 nitrogen and oxygen atoms in total. The molecule has 0 N–H and O–H groups in total. The van der Waals surface area contributed by atoms with Crippen LogP contribution >= 0.6 is 0 Å². The van der Waals surface area contributed by atoms with E-state index in [1.54, 1.807) is 22.9 Å². The Morgan fingerprint density at radius 1 is 0.800 bits per heavy atom. The fraction of sp³-hybridized carbons (Fsp3) is 0.160. The van der Waals surface area contributed by atoms with Crippen molar-refractivity contribution in [2.75, 3.05) is 0 Å². The minimum absolute atomic E-state index is 0.0638. The predicted molar refractivity (Wildman–Crippen MR) is 120 cm³/mol. The van der Waals surface area contributed by atoms with E-state index < -0.39 is 0 Å². The summed E-state index contributed by atoms with van der Waals surface area (Å²) in [5, 5.41) is 0. The maximum Gasteiger partial charge on any atom is 0.260 e. The van der Waals surface area contributed by atoms with Gasteiger partial charge in [-0.25, -0.2) is 9.38 Å². The van der Waals surface area contributed by atoms with Crippen molar-refractivity contribution >= 4 is 16.8 Å². The van der Waals surface area contributed by atoms with Crippen LogP contribution in [-0.2, 0) is 13.0 Å². The molecule has 5 rings (SSSR count). The van der Waals surface area contributed by atoms with Crippen molar-refractivity contribution in [2.45, 2.75) is 25.8 Å². The smallest absolute Gasteiger partial charge is 0.260 e. The van der Waals surface area contributed by atoms with E-state index in [1.807, 2.05) is 36.4 Å². The third-order valence-electron chi connectivity index (χ3n) is 5.47. The van der Waals surface area contributed by atoms with Crippen molar-refractivity contribution in [2.24, 2.45) is 0 Å². The number of aromatic nitrogens is 4. The molecule has 3 heterocycles. The molecule has 0 saturated heterocycles. The second-order valence-electron chi connectivity index (χ2n) is 7.43. The van der Waals surface area contributed by atoms with E-state index in [0.29, 0.717) is 11.5 Å². The van der Waals surface area contributed by atoms with Crippen LogP contribution in [0.4, 0.5) is 0 Å². The first-order valence-electron chi connectivity index (χ1n) is 10.3. The van der Waals surface area contributed by atoms with Crippen LogP contribution in [0.1, 0.15) is 18.4 Å². The van der Waals surface area contributed by atoms with Gasteiger partial charge >= 0.3 is 0 Å². The average molecular weight is 394 g/mol. The lowest BCUT2D eigenvalue weighted by Crippen LogP contribution is -2.14. The minimum atomic E-state index is -0.0638. The zero-order valence-electron chi connectivity index (χ0n) is 16.6. The summed E-state index contributed by atoms with van der Waals surface area (Å²) in [4.78, 5) is 22.0. The Labute approximate surface area is 174 Å². The molecule has 0 aliphatic carbocycles. The van der Waals surface area contributed by atoms with Gasteiger partial charge in [-0.05, 0) is 49.1 Å². The van der Waals surface area contributed by atoms with Crippen LogP contribution in [0.3, 0.4) is 0 Å². The van der Waals surface area contributed by atoms with Crippen LogP contribution in [0.25, 0.3) is 28.1 Å². The standard InChI is InChI=1S/C25H22N4O/c30-24-18-21(20-13-15-26-16-14-20)27-25-28(22-11-4-5-12-23(22)29(24)25)17-7-6-10-19-8-2-1-3-9-19/h1-5,8-9,11-16,18H,6-7,10,17H2. The quantitative estimate of drug-likeness (QED) is 0.391. The highest BCUT2D eigenvalue weighted by molar-refractivity contribution is 5.81. The summed E-state index contributed by atoms with van der Waals surface area (Å²) in [7, 11) is 0. The Hall–Kier alpha value is -3.73. The SMILES string of the molecule is O=c1cc(-c2ccncc2)nc2n(CCCCc3ccccc3)c3ccccc3n12. The van der Waals surface area contributed by atoms with Crippen molar-refractivity contribution in [3.05, 3.63) is 101 Å². The Bertz CT molecular complexity index is 1350. The Morgan fingerprint density at radius 3 is 2.33 bits per heavy atom. The molecule has 0 amide bonds. The Kier molecular flexibility index (Phi) is 4.85. The molecule has 0 radical (unpaired) electrons. The van der Waals surface area contributed by atoms with E-state index in [9.17, 15) is 4.79 Å². The summed E-state index contributed by atoms with van der Waals surface area (Å²) < 4.78 is 3.89. The highest BCUT2D eigenvalue weighted by atomic mass is 16.1. The summed E-state index contributed by atoms with van der Waals surface area (Å²) in [6.45, 7) is 0.816. The first kappa shape index (κ1) is 18.3. The highest BCUT2D eigenvalue weighted by Crippen LogP contribution is 2.22. The zero-order chi connectivity index (χ0) is 20.3. The van der Waals surface area contributed by atoms with Gasteiger partial charge in [0, 0.05) is 30.6 Å². The van der Waals surface area contributed by atoms with E-state index in [-0.39, 0.29) is 5.56 Å². The number of aryl methyl sites for hydroxylation is 2. The fourth-order valence-electron chi connectivity index (χ4n) is 4.00. The normalized spacial score (nSPS) is 11.3. The Morgan fingerprint density at radius 2 is 1.53 bits per heavy atom. The topological polar surface area (TPSA) is 52.2 Å². The molecule has 3 aromatic heterocycles. The van der Waals surface area contributed by atoms with Gasteiger partial charge < -0.3 is 4.57 Å². The molecule has 0 aliphatic heterocycles. The number of para-hydroxylation sites is 2. The van der Waals surface area contributed by atoms with Crippen molar-refractivity contribution < 1.29 is 0 Å². The van der Waals surface area contributed by atoms with Crippen LogP contribution in [-0.4, -0.2) is 18.9 Å². The molecule has 0 unspecified atom stereocenters. The van der Waals surface area contributed by atoms with E-state index >= 15 is 0 Å². The summed E-state index contributed by atoms with van der Waals surface area (Å²) in [5.74, 6) is 0.690. The summed E-state index contributed by atoms with van der Waals surface area (Å²) in [6.07, 6.45) is 6.58. The second kappa shape index (κ2) is 7.95. The Balaban J connectivity index is 1.53. The number of pyridine rings is 1. The molecule has 0 bridgehead atoms. The van der Waals surface area contributed by atoms with Crippen molar-refractivity contribution in [1.82, 2.24) is 18.9 Å². The summed E-state index contributed by atoms with van der Waals surface area (Å²) in [6, 6.07) is 23.9. The number of benzene rings is 2. The van der Waals surface area contributed by atoms with Gasteiger partial charge in [-0.15, -0.1) is 0 Å². The van der Waals surface area contributed by atoms with E-state index in [2.05, 4.69) is 39.9 Å². The number of rotatable bonds is 6. The predicted octanol–water partition coefficient (Wildman–Crippen LogP) is 4.73. The average Bonchev–Trinajstić information content (AvgIpc) is 3.12. The molecule has 0 aliphatic rings. The summed E-state index contributed by atoms with van der Waals surface area (Å²) >= 11 is 0. The number of hydrogen-bond acceptors (Lipinski definition) is 3. The largest absolute Gasteiger partial charge is 0.310 e. The lowest BCUT2D eigenvalue weighted by atomic mass is 10.1. The van der Waals surface area contributed by atoms with Crippen LogP contribution in [0.2, 0.25) is 0 Å². The van der Waals surface area contributed by atoms with Gasteiger partial charge in [-0.3, -0.25) is 9.78 Å². The van der Waals surface area contributed by atoms with Crippen molar-refractivity contribution in [1.29, 1.82) is 0 Å². The van der Waals surface area contributed by atoms with Gasteiger partial charge in [0.2, 0.25) is 5.78 Å². The van der Waals surface area contributed by atoms with Crippen LogP contribution < -0.4 is 5.56 Å². The van der Waals surface area contributed by atoms with Gasteiger partial charge in [0.1, 0.15) is 0 Å². The third-order valence-corrected chi connectivity index (χ3v) is 5.47. The molecule has 148 valence electrons.